The smallest absolute Gasteiger partial charge is 0.425 e. The van der Waals surface area contributed by atoms with Crippen LogP contribution in [0.1, 0.15) is 16.7 Å². The summed E-state index contributed by atoms with van der Waals surface area (Å²) in [4.78, 5) is 0. The molecule has 0 heterocycles. The monoisotopic (exact) mass is 950 g/mol. The van der Waals surface area contributed by atoms with Gasteiger partial charge >= 0.3 is 42.4 Å². The number of nitrogens with zero attached hydrogens (tertiary/aromatic N) is 2. The Labute approximate surface area is 348 Å². The van der Waals surface area contributed by atoms with Gasteiger partial charge in [0, 0.05) is 16.3 Å². The van der Waals surface area contributed by atoms with E-state index in [9.17, 15) is 30.7 Å². The molecule has 0 fully saturated rings. The Balaban J connectivity index is 0.000000462. The zero-order valence-corrected chi connectivity index (χ0v) is 33.2. The molecule has 0 unspecified atom stereocenters. The van der Waals surface area contributed by atoms with Gasteiger partial charge in [-0.25, -0.2) is 17.6 Å². The molecular formula is C35H17F7N2O14S4. The lowest BCUT2D eigenvalue weighted by molar-refractivity contribution is 0.366. The van der Waals surface area contributed by atoms with E-state index in [1.54, 1.807) is 54.6 Å². The van der Waals surface area contributed by atoms with Crippen LogP contribution in [-0.4, -0.2) is 50.5 Å². The van der Waals surface area contributed by atoms with Crippen molar-refractivity contribution < 1.29 is 90.7 Å². The first kappa shape index (κ1) is 52.4. The second kappa shape index (κ2) is 25.1. The highest BCUT2D eigenvalue weighted by Gasteiger charge is 2.28. The zero-order valence-electron chi connectivity index (χ0n) is 30.0. The van der Waals surface area contributed by atoms with Crippen LogP contribution >= 0.6 is 0 Å². The van der Waals surface area contributed by atoms with Gasteiger partial charge in [-0.15, -0.1) is 50.5 Å². The SMILES string of the molecule is Cc1c(F)c(F)c(Oc2cccc3ccccc23)c(F)c1C#N.N#Cc1c(F)c(F)c(Oc2cccc3ccccc23)c(F)c1F.O=S(=O)=O.O=S(=O)=O.O=S(=O)=O.O=S(=O)=O. The maximum absolute atomic E-state index is 14.3. The molecule has 0 N–H and O–H groups in total. The lowest BCUT2D eigenvalue weighted by Gasteiger charge is -2.13. The highest BCUT2D eigenvalue weighted by molar-refractivity contribution is 7.59. The van der Waals surface area contributed by atoms with Gasteiger partial charge in [-0.2, -0.15) is 23.7 Å². The predicted molar refractivity (Wildman–Crippen MR) is 194 cm³/mol. The number of hydrogen-bond donors (Lipinski definition) is 0. The molecule has 0 amide bonds. The standard InChI is InChI=1S/C18H10F3NO.C17H7F4NO.4O3S/c1-10-13(9-22)16(20)18(17(21)15(10)19)23-14-8-4-6-11-5-2-3-7-12(11)14;18-13-11(8-22)14(19)16(21)17(15(13)20)23-12-7-3-5-9-4-1-2-6-10(9)12;4*1-4(2)3/h2-8H,1H3;1-7H;;;;. The Hall–Kier alpha value is -7.59. The summed E-state index contributed by atoms with van der Waals surface area (Å²) in [5.41, 5.74) is -2.28. The van der Waals surface area contributed by atoms with E-state index in [1.165, 1.54) is 18.2 Å². The number of fused-ring (bicyclic) bond motifs is 2. The lowest BCUT2D eigenvalue weighted by Crippen LogP contribution is -2.04. The van der Waals surface area contributed by atoms with Crippen molar-refractivity contribution in [3.05, 3.63) is 142 Å². The van der Waals surface area contributed by atoms with Crippen molar-refractivity contribution in [2.75, 3.05) is 0 Å². The Bertz CT molecular complexity index is 3030. The highest BCUT2D eigenvalue weighted by Crippen LogP contribution is 2.37. The maximum Gasteiger partial charge on any atom is 0.425 e. The van der Waals surface area contributed by atoms with Crippen molar-refractivity contribution in [1.29, 1.82) is 10.5 Å². The van der Waals surface area contributed by atoms with E-state index in [0.717, 1.165) is 23.8 Å². The van der Waals surface area contributed by atoms with Crippen LogP contribution in [0.4, 0.5) is 30.7 Å². The van der Waals surface area contributed by atoms with Crippen LogP contribution < -0.4 is 9.47 Å². The van der Waals surface area contributed by atoms with Crippen molar-refractivity contribution in [3.63, 3.8) is 0 Å². The van der Waals surface area contributed by atoms with E-state index in [1.807, 2.05) is 18.2 Å². The number of halogens is 7. The van der Waals surface area contributed by atoms with E-state index in [4.69, 9.17) is 70.5 Å². The zero-order chi connectivity index (χ0) is 47.4. The topological polar surface area (TPSA) is 271 Å². The molecule has 27 heteroatoms. The fourth-order valence-corrected chi connectivity index (χ4v) is 4.56. The molecule has 62 heavy (non-hydrogen) atoms. The summed E-state index contributed by atoms with van der Waals surface area (Å²) in [6, 6.07) is 26.2. The summed E-state index contributed by atoms with van der Waals surface area (Å²) < 4.78 is 209. The number of benzene rings is 6. The van der Waals surface area contributed by atoms with E-state index in [2.05, 4.69) is 0 Å². The normalized spacial score (nSPS) is 9.39. The Morgan fingerprint density at radius 1 is 0.403 bits per heavy atom. The third kappa shape index (κ3) is 15.5. The molecule has 0 bridgehead atoms. The summed E-state index contributed by atoms with van der Waals surface area (Å²) in [6.45, 7) is 1.14. The van der Waals surface area contributed by atoms with E-state index in [0.29, 0.717) is 10.8 Å². The molecule has 324 valence electrons. The predicted octanol–water partition coefficient (Wildman–Crippen LogP) is 6.27. The van der Waals surface area contributed by atoms with Crippen molar-refractivity contribution in [2.24, 2.45) is 0 Å². The second-order valence-corrected chi connectivity index (χ2v) is 12.1. The summed E-state index contributed by atoms with van der Waals surface area (Å²) in [5, 5.41) is 20.2. The molecule has 0 aliphatic heterocycles. The summed E-state index contributed by atoms with van der Waals surface area (Å²) in [6.07, 6.45) is 0. The van der Waals surface area contributed by atoms with Gasteiger partial charge in [0.2, 0.25) is 29.0 Å². The molecule has 6 aromatic carbocycles. The minimum Gasteiger partial charge on any atom is -0.450 e. The van der Waals surface area contributed by atoms with Gasteiger partial charge in [0.1, 0.15) is 29.2 Å². The van der Waals surface area contributed by atoms with Crippen LogP contribution in [0.25, 0.3) is 21.5 Å². The number of hydrogen-bond acceptors (Lipinski definition) is 16. The molecule has 16 nitrogen and oxygen atoms in total. The Morgan fingerprint density at radius 2 is 0.694 bits per heavy atom. The molecular weight excluding hydrogens is 934 g/mol. The molecule has 0 saturated carbocycles. The Kier molecular flexibility index (Phi) is 21.2. The van der Waals surface area contributed by atoms with Crippen LogP contribution in [-0.2, 0) is 42.4 Å². The minimum absolute atomic E-state index is 0.0319. The van der Waals surface area contributed by atoms with Crippen molar-refractivity contribution >= 4 is 64.0 Å². The van der Waals surface area contributed by atoms with Crippen LogP contribution in [0.15, 0.2) is 84.9 Å². The fraction of sp³-hybridized carbons (Fsp3) is 0.0286. The summed E-state index contributed by atoms with van der Waals surface area (Å²) in [7, 11) is -12.4. The highest BCUT2D eigenvalue weighted by atomic mass is 32.2. The van der Waals surface area contributed by atoms with Crippen molar-refractivity contribution in [3.8, 4) is 35.1 Å². The van der Waals surface area contributed by atoms with Gasteiger partial charge < -0.3 is 9.47 Å². The van der Waals surface area contributed by atoms with Crippen molar-refractivity contribution in [2.45, 2.75) is 6.92 Å². The molecule has 0 radical (unpaired) electrons. The number of rotatable bonds is 4. The molecule has 0 aromatic heterocycles. The van der Waals surface area contributed by atoms with Crippen LogP contribution in [0.2, 0.25) is 0 Å². The average molecular weight is 951 g/mol. The first-order valence-electron chi connectivity index (χ1n) is 15.2. The van der Waals surface area contributed by atoms with Crippen molar-refractivity contribution in [1.82, 2.24) is 0 Å². The van der Waals surface area contributed by atoms with E-state index in [-0.39, 0.29) is 17.1 Å². The molecule has 0 spiro atoms. The largest absolute Gasteiger partial charge is 0.450 e. The molecule has 0 saturated heterocycles. The first-order chi connectivity index (χ1) is 29.0. The van der Waals surface area contributed by atoms with Gasteiger partial charge in [0.15, 0.2) is 23.3 Å². The quantitative estimate of drug-likeness (QED) is 0.139. The van der Waals surface area contributed by atoms with E-state index >= 15 is 0 Å². The lowest BCUT2D eigenvalue weighted by atomic mass is 10.1. The second-order valence-electron chi connectivity index (χ2n) is 10.4. The first-order valence-corrected chi connectivity index (χ1v) is 19.2. The average Bonchev–Trinajstić information content (AvgIpc) is 3.19. The maximum atomic E-state index is 14.3. The number of ether oxygens (including phenoxy) is 2. The van der Waals surface area contributed by atoms with Crippen LogP contribution in [0, 0.1) is 70.3 Å². The Morgan fingerprint density at radius 3 is 1.03 bits per heavy atom. The van der Waals surface area contributed by atoms with Gasteiger partial charge in [0.25, 0.3) is 0 Å². The molecule has 6 rings (SSSR count). The third-order valence-electron chi connectivity index (χ3n) is 6.89. The van der Waals surface area contributed by atoms with Crippen LogP contribution in [0.5, 0.6) is 23.0 Å². The molecule has 6 aromatic rings. The fourth-order valence-electron chi connectivity index (χ4n) is 4.56. The minimum atomic E-state index is -3.11. The van der Waals surface area contributed by atoms with Crippen LogP contribution in [0.3, 0.4) is 0 Å². The van der Waals surface area contributed by atoms with Gasteiger partial charge in [-0.1, -0.05) is 72.8 Å². The molecule has 0 aliphatic rings. The van der Waals surface area contributed by atoms with E-state index < -0.39 is 106 Å². The summed E-state index contributed by atoms with van der Waals surface area (Å²) in [5.74, 6) is -13.0. The van der Waals surface area contributed by atoms with Gasteiger partial charge in [0.05, 0.1) is 5.56 Å². The third-order valence-corrected chi connectivity index (χ3v) is 6.89. The van der Waals surface area contributed by atoms with Gasteiger partial charge in [-0.3, -0.25) is 0 Å². The summed E-state index contributed by atoms with van der Waals surface area (Å²) >= 11 is 0. The molecule has 0 aliphatic carbocycles. The molecule has 0 atom stereocenters. The van der Waals surface area contributed by atoms with Gasteiger partial charge in [-0.05, 0) is 29.8 Å². The number of nitriles is 2.